The molecule has 1 aliphatic heterocycles. The Labute approximate surface area is 146 Å². The highest BCUT2D eigenvalue weighted by Gasteiger charge is 2.48. The molecule has 2 aromatic carbocycles. The zero-order valence-electron chi connectivity index (χ0n) is 13.2. The van der Waals surface area contributed by atoms with E-state index in [-0.39, 0.29) is 17.9 Å². The minimum absolute atomic E-state index is 0.0572. The van der Waals surface area contributed by atoms with Gasteiger partial charge >= 0.3 is 0 Å². The van der Waals surface area contributed by atoms with Crippen LogP contribution in [0.3, 0.4) is 0 Å². The van der Waals surface area contributed by atoms with Gasteiger partial charge in [0.1, 0.15) is 6.04 Å². The second kappa shape index (κ2) is 7.49. The lowest BCUT2D eigenvalue weighted by atomic mass is 9.88. The van der Waals surface area contributed by atoms with Crippen LogP contribution in [-0.4, -0.2) is 35.2 Å². The number of amides is 2. The van der Waals surface area contributed by atoms with Gasteiger partial charge in [0.2, 0.25) is 5.91 Å². The maximum Gasteiger partial charge on any atom is 0.251 e. The summed E-state index contributed by atoms with van der Waals surface area (Å²) in [5.41, 5.74) is 1.57. The summed E-state index contributed by atoms with van der Waals surface area (Å²) in [4.78, 5) is 26.7. The summed E-state index contributed by atoms with van der Waals surface area (Å²) in [5.74, 6) is 0.219. The molecule has 5 heteroatoms. The first kappa shape index (κ1) is 16.5. The molecule has 0 bridgehead atoms. The molecule has 1 N–H and O–H groups in total. The fourth-order valence-electron chi connectivity index (χ4n) is 3.01. The van der Waals surface area contributed by atoms with Gasteiger partial charge in [-0.05, 0) is 24.1 Å². The second-order valence-electron chi connectivity index (χ2n) is 5.75. The molecule has 1 saturated heterocycles. The SMILES string of the molecule is O=C(N[C@@H]1C(=O)N(CCCCl)[C@@H]1c1ccccc1)c1ccccc1. The Balaban J connectivity index is 1.78. The van der Waals surface area contributed by atoms with Crippen LogP contribution in [0.25, 0.3) is 0 Å². The molecule has 3 rings (SSSR count). The monoisotopic (exact) mass is 342 g/mol. The molecular formula is C19H19ClN2O2. The zero-order valence-corrected chi connectivity index (χ0v) is 13.9. The highest BCUT2D eigenvalue weighted by molar-refractivity contribution is 6.17. The molecule has 1 heterocycles. The van der Waals surface area contributed by atoms with E-state index in [1.807, 2.05) is 36.4 Å². The molecule has 1 aliphatic rings. The Morgan fingerprint density at radius 3 is 2.29 bits per heavy atom. The molecule has 0 unspecified atom stereocenters. The Bertz CT molecular complexity index is 706. The Morgan fingerprint density at radius 1 is 1.04 bits per heavy atom. The highest BCUT2D eigenvalue weighted by atomic mass is 35.5. The molecule has 124 valence electrons. The number of hydrogen-bond donors (Lipinski definition) is 1. The number of benzene rings is 2. The molecule has 0 aromatic heterocycles. The van der Waals surface area contributed by atoms with Gasteiger partial charge in [0.05, 0.1) is 6.04 Å². The molecule has 1 fully saturated rings. The summed E-state index contributed by atoms with van der Waals surface area (Å²) < 4.78 is 0. The number of nitrogens with zero attached hydrogens (tertiary/aromatic N) is 1. The van der Waals surface area contributed by atoms with E-state index >= 15 is 0 Å². The Hall–Kier alpha value is -2.33. The van der Waals surface area contributed by atoms with Crippen LogP contribution in [0.1, 0.15) is 28.4 Å². The van der Waals surface area contributed by atoms with Crippen molar-refractivity contribution in [2.75, 3.05) is 12.4 Å². The van der Waals surface area contributed by atoms with Crippen molar-refractivity contribution in [1.29, 1.82) is 0 Å². The topological polar surface area (TPSA) is 49.4 Å². The fraction of sp³-hybridized carbons (Fsp3) is 0.263. The van der Waals surface area contributed by atoms with E-state index in [1.165, 1.54) is 0 Å². The van der Waals surface area contributed by atoms with Gasteiger partial charge in [-0.15, -0.1) is 11.6 Å². The molecule has 0 spiro atoms. The normalized spacial score (nSPS) is 19.7. The number of halogens is 1. The van der Waals surface area contributed by atoms with E-state index in [0.29, 0.717) is 18.0 Å². The summed E-state index contributed by atoms with van der Waals surface area (Å²) in [7, 11) is 0. The van der Waals surface area contributed by atoms with Crippen molar-refractivity contribution >= 4 is 23.4 Å². The van der Waals surface area contributed by atoms with E-state index in [1.54, 1.807) is 29.2 Å². The van der Waals surface area contributed by atoms with Crippen LogP contribution in [0.2, 0.25) is 0 Å². The van der Waals surface area contributed by atoms with Gasteiger partial charge in [0.25, 0.3) is 5.91 Å². The van der Waals surface area contributed by atoms with E-state index in [0.717, 1.165) is 12.0 Å². The van der Waals surface area contributed by atoms with Crippen LogP contribution in [0.4, 0.5) is 0 Å². The van der Waals surface area contributed by atoms with Gasteiger partial charge in [-0.1, -0.05) is 48.5 Å². The van der Waals surface area contributed by atoms with Crippen molar-refractivity contribution in [2.24, 2.45) is 0 Å². The summed E-state index contributed by atoms with van der Waals surface area (Å²) in [5, 5.41) is 2.87. The number of nitrogens with one attached hydrogen (secondary N) is 1. The molecule has 0 saturated carbocycles. The van der Waals surface area contributed by atoms with E-state index < -0.39 is 6.04 Å². The van der Waals surface area contributed by atoms with Crippen LogP contribution in [0.15, 0.2) is 60.7 Å². The van der Waals surface area contributed by atoms with E-state index in [9.17, 15) is 9.59 Å². The smallest absolute Gasteiger partial charge is 0.251 e. The quantitative estimate of drug-likeness (QED) is 0.648. The number of hydrogen-bond acceptors (Lipinski definition) is 2. The van der Waals surface area contributed by atoms with Crippen molar-refractivity contribution in [3.05, 3.63) is 71.8 Å². The standard InChI is InChI=1S/C19H19ClN2O2/c20-12-7-13-22-17(14-8-3-1-4-9-14)16(19(22)24)21-18(23)15-10-5-2-6-11-15/h1-6,8-11,16-17H,7,12-13H2,(H,21,23)/t16-,17+/m0/s1. The number of alkyl halides is 1. The zero-order chi connectivity index (χ0) is 16.9. The first-order valence-corrected chi connectivity index (χ1v) is 8.53. The lowest BCUT2D eigenvalue weighted by Gasteiger charge is -2.47. The average Bonchev–Trinajstić information content (AvgIpc) is 2.64. The third kappa shape index (κ3) is 3.29. The van der Waals surface area contributed by atoms with Gasteiger partial charge in [-0.3, -0.25) is 9.59 Å². The average molecular weight is 343 g/mol. The Morgan fingerprint density at radius 2 is 1.67 bits per heavy atom. The van der Waals surface area contributed by atoms with E-state index in [4.69, 9.17) is 11.6 Å². The van der Waals surface area contributed by atoms with Crippen LogP contribution in [0, 0.1) is 0 Å². The maximum absolute atomic E-state index is 12.5. The summed E-state index contributed by atoms with van der Waals surface area (Å²) >= 11 is 5.76. The van der Waals surface area contributed by atoms with Crippen LogP contribution >= 0.6 is 11.6 Å². The van der Waals surface area contributed by atoms with Crippen molar-refractivity contribution < 1.29 is 9.59 Å². The number of carbonyl (C=O) groups is 2. The minimum atomic E-state index is -0.532. The molecule has 4 nitrogen and oxygen atoms in total. The molecule has 2 aromatic rings. The molecular weight excluding hydrogens is 324 g/mol. The van der Waals surface area contributed by atoms with Gasteiger partial charge in [0.15, 0.2) is 0 Å². The van der Waals surface area contributed by atoms with Crippen molar-refractivity contribution in [2.45, 2.75) is 18.5 Å². The predicted octanol–water partition coefficient (Wildman–Crippen LogP) is 3.00. The largest absolute Gasteiger partial charge is 0.338 e. The lowest BCUT2D eigenvalue weighted by Crippen LogP contribution is -2.65. The third-order valence-corrected chi connectivity index (χ3v) is 4.46. The van der Waals surface area contributed by atoms with E-state index in [2.05, 4.69) is 5.32 Å². The van der Waals surface area contributed by atoms with Crippen LogP contribution < -0.4 is 5.32 Å². The number of rotatable bonds is 6. The maximum atomic E-state index is 12.5. The molecule has 0 aliphatic carbocycles. The lowest BCUT2D eigenvalue weighted by molar-refractivity contribution is -0.151. The Kier molecular flexibility index (Phi) is 5.16. The second-order valence-corrected chi connectivity index (χ2v) is 6.12. The van der Waals surface area contributed by atoms with Crippen molar-refractivity contribution in [3.8, 4) is 0 Å². The minimum Gasteiger partial charge on any atom is -0.338 e. The fourth-order valence-corrected chi connectivity index (χ4v) is 3.12. The summed E-state index contributed by atoms with van der Waals surface area (Å²) in [6, 6.07) is 18.0. The summed E-state index contributed by atoms with van der Waals surface area (Å²) in [6.07, 6.45) is 0.732. The van der Waals surface area contributed by atoms with Gasteiger partial charge in [0, 0.05) is 18.0 Å². The first-order chi connectivity index (χ1) is 11.7. The van der Waals surface area contributed by atoms with Gasteiger partial charge in [-0.25, -0.2) is 0 Å². The van der Waals surface area contributed by atoms with Crippen molar-refractivity contribution in [3.63, 3.8) is 0 Å². The van der Waals surface area contributed by atoms with Crippen LogP contribution in [0.5, 0.6) is 0 Å². The van der Waals surface area contributed by atoms with Gasteiger partial charge < -0.3 is 10.2 Å². The third-order valence-electron chi connectivity index (χ3n) is 4.20. The number of carbonyl (C=O) groups excluding carboxylic acids is 2. The number of likely N-dealkylation sites (tertiary alicyclic amines) is 1. The number of β-lactam (4-membered cyclic amide) rings is 1. The van der Waals surface area contributed by atoms with Gasteiger partial charge in [-0.2, -0.15) is 0 Å². The molecule has 2 amide bonds. The van der Waals surface area contributed by atoms with Crippen molar-refractivity contribution in [1.82, 2.24) is 10.2 Å². The molecule has 2 atom stereocenters. The first-order valence-electron chi connectivity index (χ1n) is 7.99. The predicted molar refractivity (Wildman–Crippen MR) is 93.9 cm³/mol. The molecule has 0 radical (unpaired) electrons. The molecule has 24 heavy (non-hydrogen) atoms. The van der Waals surface area contributed by atoms with Crippen LogP contribution in [-0.2, 0) is 4.79 Å². The highest BCUT2D eigenvalue weighted by Crippen LogP contribution is 2.35. The summed E-state index contributed by atoms with van der Waals surface area (Å²) in [6.45, 7) is 0.597.